The molecule has 2 aromatic carbocycles. The lowest BCUT2D eigenvalue weighted by Gasteiger charge is -2.21. The van der Waals surface area contributed by atoms with Gasteiger partial charge in [0.15, 0.2) is 0 Å². The normalized spacial score (nSPS) is 17.5. The van der Waals surface area contributed by atoms with E-state index in [1.54, 1.807) is 12.3 Å². The second-order valence-corrected chi connectivity index (χ2v) is 7.44. The van der Waals surface area contributed by atoms with Crippen LogP contribution in [0.1, 0.15) is 18.4 Å². The Morgan fingerprint density at radius 2 is 2.15 bits per heavy atom. The summed E-state index contributed by atoms with van der Waals surface area (Å²) >= 11 is 0. The number of benzene rings is 2. The van der Waals surface area contributed by atoms with E-state index >= 15 is 0 Å². The number of nitrogens with one attached hydrogen (secondary N) is 1. The van der Waals surface area contributed by atoms with Crippen molar-refractivity contribution in [2.45, 2.75) is 25.8 Å². The van der Waals surface area contributed by atoms with Crippen molar-refractivity contribution >= 4 is 22.3 Å². The summed E-state index contributed by atoms with van der Waals surface area (Å²) < 4.78 is 14.6. The summed E-state index contributed by atoms with van der Waals surface area (Å²) in [4.78, 5) is 6.61. The predicted octanol–water partition coefficient (Wildman–Crippen LogP) is 4.44. The zero-order chi connectivity index (χ0) is 19.0. The number of nitrogens with zero attached hydrogens (tertiary/aromatic N) is 2. The van der Waals surface area contributed by atoms with Crippen LogP contribution in [0.15, 0.2) is 42.6 Å². The van der Waals surface area contributed by atoms with E-state index in [2.05, 4.69) is 22.2 Å². The highest BCUT2D eigenvalue weighted by Gasteiger charge is 2.21. The van der Waals surface area contributed by atoms with E-state index in [4.69, 9.17) is 5.73 Å². The van der Waals surface area contributed by atoms with Gasteiger partial charge in [0.1, 0.15) is 11.6 Å². The molecule has 4 nitrogen and oxygen atoms in total. The molecule has 0 bridgehead atoms. The van der Waals surface area contributed by atoms with E-state index in [1.165, 1.54) is 18.9 Å². The van der Waals surface area contributed by atoms with Crippen molar-refractivity contribution in [2.24, 2.45) is 0 Å². The predicted molar refractivity (Wildman–Crippen MR) is 110 cm³/mol. The van der Waals surface area contributed by atoms with Gasteiger partial charge in [0, 0.05) is 40.8 Å². The first kappa shape index (κ1) is 17.7. The van der Waals surface area contributed by atoms with Gasteiger partial charge in [0.05, 0.1) is 0 Å². The van der Waals surface area contributed by atoms with Crippen LogP contribution in [0.3, 0.4) is 0 Å². The third-order valence-corrected chi connectivity index (χ3v) is 5.57. The average molecular weight is 364 g/mol. The van der Waals surface area contributed by atoms with Crippen molar-refractivity contribution in [3.8, 4) is 11.1 Å². The second kappa shape index (κ2) is 7.16. The molecule has 3 N–H and O–H groups in total. The highest BCUT2D eigenvalue weighted by Crippen LogP contribution is 2.34. The minimum Gasteiger partial charge on any atom is -0.384 e. The maximum atomic E-state index is 14.6. The first-order valence-corrected chi connectivity index (χ1v) is 9.42. The molecule has 27 heavy (non-hydrogen) atoms. The molecule has 0 amide bonds. The Morgan fingerprint density at radius 3 is 2.89 bits per heavy atom. The smallest absolute Gasteiger partial charge is 0.131 e. The lowest BCUT2D eigenvalue weighted by molar-refractivity contribution is 0.322. The number of halogens is 1. The minimum absolute atomic E-state index is 0.209. The Morgan fingerprint density at radius 1 is 1.30 bits per heavy atom. The van der Waals surface area contributed by atoms with Gasteiger partial charge in [-0.15, -0.1) is 0 Å². The van der Waals surface area contributed by atoms with Gasteiger partial charge in [-0.25, -0.2) is 9.37 Å². The van der Waals surface area contributed by atoms with Crippen LogP contribution < -0.4 is 11.1 Å². The Bertz CT molecular complexity index is 965. The molecule has 0 radical (unpaired) electrons. The molecule has 1 aromatic heterocycles. The number of likely N-dealkylation sites (tertiary alicyclic amines) is 1. The molecule has 4 rings (SSSR count). The van der Waals surface area contributed by atoms with Gasteiger partial charge in [-0.05, 0) is 68.8 Å². The molecule has 3 aromatic rings. The highest BCUT2D eigenvalue weighted by atomic mass is 19.1. The van der Waals surface area contributed by atoms with Gasteiger partial charge in [0.25, 0.3) is 0 Å². The summed E-state index contributed by atoms with van der Waals surface area (Å²) in [6, 6.07) is 11.6. The quantitative estimate of drug-likeness (QED) is 0.719. The van der Waals surface area contributed by atoms with E-state index < -0.39 is 0 Å². The van der Waals surface area contributed by atoms with Crippen LogP contribution in [-0.4, -0.2) is 36.1 Å². The molecule has 0 spiro atoms. The molecular formula is C22H25FN4. The Kier molecular flexibility index (Phi) is 4.70. The van der Waals surface area contributed by atoms with E-state index in [0.29, 0.717) is 17.4 Å². The zero-order valence-corrected chi connectivity index (χ0v) is 15.8. The van der Waals surface area contributed by atoms with Crippen molar-refractivity contribution in [1.29, 1.82) is 0 Å². The Hall–Kier alpha value is -2.66. The van der Waals surface area contributed by atoms with Crippen LogP contribution >= 0.6 is 0 Å². The fourth-order valence-corrected chi connectivity index (χ4v) is 4.03. The van der Waals surface area contributed by atoms with Crippen LogP contribution in [0.4, 0.5) is 15.9 Å². The molecule has 0 saturated carbocycles. The van der Waals surface area contributed by atoms with Gasteiger partial charge < -0.3 is 16.0 Å². The zero-order valence-electron chi connectivity index (χ0n) is 15.8. The number of nitrogens with two attached hydrogens (primary N) is 1. The largest absolute Gasteiger partial charge is 0.384 e. The number of fused-ring (bicyclic) bond motifs is 1. The number of hydrogen-bond acceptors (Lipinski definition) is 4. The Balaban J connectivity index is 1.79. The molecular weight excluding hydrogens is 339 g/mol. The van der Waals surface area contributed by atoms with Crippen molar-refractivity contribution in [2.75, 3.05) is 31.2 Å². The summed E-state index contributed by atoms with van der Waals surface area (Å²) in [5.41, 5.74) is 9.30. The lowest BCUT2D eigenvalue weighted by Crippen LogP contribution is -2.31. The summed E-state index contributed by atoms with van der Waals surface area (Å²) in [6.07, 6.45) is 4.18. The fourth-order valence-electron chi connectivity index (χ4n) is 4.03. The molecule has 140 valence electrons. The van der Waals surface area contributed by atoms with Crippen LogP contribution in [0, 0.1) is 12.7 Å². The van der Waals surface area contributed by atoms with Crippen molar-refractivity contribution < 1.29 is 4.39 Å². The van der Waals surface area contributed by atoms with Gasteiger partial charge in [-0.2, -0.15) is 0 Å². The lowest BCUT2D eigenvalue weighted by atomic mass is 9.96. The molecule has 1 aliphatic heterocycles. The number of aromatic nitrogens is 1. The number of nitrogen functional groups attached to an aromatic ring is 1. The average Bonchev–Trinajstić information content (AvgIpc) is 3.05. The standard InChI is InChI=1S/C22H25FN4/c1-14-5-3-7-19(23)22(14)15-9-16-12-26-21(24)11-18(16)20(10-15)25-13-17-6-4-8-27(17)2/h3,5,7,9-12,17,25H,4,6,8,13H2,1-2H3,(H2,24,26)/t17-/m0/s1. The monoisotopic (exact) mass is 364 g/mol. The maximum absolute atomic E-state index is 14.6. The number of aryl methyl sites for hydroxylation is 1. The van der Waals surface area contributed by atoms with Crippen LogP contribution in [-0.2, 0) is 0 Å². The first-order valence-electron chi connectivity index (χ1n) is 9.42. The van der Waals surface area contributed by atoms with Crippen molar-refractivity contribution in [1.82, 2.24) is 9.88 Å². The van der Waals surface area contributed by atoms with Gasteiger partial charge in [-0.1, -0.05) is 12.1 Å². The minimum atomic E-state index is -0.209. The maximum Gasteiger partial charge on any atom is 0.131 e. The fraction of sp³-hybridized carbons (Fsp3) is 0.318. The molecule has 0 unspecified atom stereocenters. The molecule has 2 heterocycles. The Labute approximate surface area is 159 Å². The van der Waals surface area contributed by atoms with E-state index in [-0.39, 0.29) is 5.82 Å². The first-order chi connectivity index (χ1) is 13.0. The topological polar surface area (TPSA) is 54.2 Å². The number of anilines is 2. The summed E-state index contributed by atoms with van der Waals surface area (Å²) in [5, 5.41) is 5.55. The van der Waals surface area contributed by atoms with Gasteiger partial charge in [-0.3, -0.25) is 0 Å². The van der Waals surface area contributed by atoms with Crippen LogP contribution in [0.2, 0.25) is 0 Å². The number of pyridine rings is 1. The second-order valence-electron chi connectivity index (χ2n) is 7.44. The van der Waals surface area contributed by atoms with Crippen molar-refractivity contribution in [3.05, 3.63) is 54.0 Å². The molecule has 1 atom stereocenters. The van der Waals surface area contributed by atoms with Crippen LogP contribution in [0.5, 0.6) is 0 Å². The summed E-state index contributed by atoms with van der Waals surface area (Å²) in [6.45, 7) is 3.93. The number of hydrogen-bond donors (Lipinski definition) is 2. The molecule has 1 saturated heterocycles. The van der Waals surface area contributed by atoms with E-state index in [1.807, 2.05) is 31.2 Å². The molecule has 5 heteroatoms. The summed E-state index contributed by atoms with van der Waals surface area (Å²) in [5.74, 6) is 0.276. The third kappa shape index (κ3) is 3.47. The van der Waals surface area contributed by atoms with Crippen molar-refractivity contribution in [3.63, 3.8) is 0 Å². The third-order valence-electron chi connectivity index (χ3n) is 5.57. The van der Waals surface area contributed by atoms with E-state index in [0.717, 1.165) is 40.7 Å². The highest BCUT2D eigenvalue weighted by molar-refractivity contribution is 5.98. The van der Waals surface area contributed by atoms with Gasteiger partial charge >= 0.3 is 0 Å². The molecule has 1 aliphatic rings. The SMILES string of the molecule is Cc1cccc(F)c1-c1cc(NC[C@@H]2CCCN2C)c2cc(N)ncc2c1. The number of rotatable bonds is 4. The molecule has 0 aliphatic carbocycles. The molecule has 1 fully saturated rings. The number of likely N-dealkylation sites (N-methyl/N-ethyl adjacent to an activating group) is 1. The van der Waals surface area contributed by atoms with E-state index in [9.17, 15) is 4.39 Å². The summed E-state index contributed by atoms with van der Waals surface area (Å²) in [7, 11) is 2.17. The van der Waals surface area contributed by atoms with Gasteiger partial charge in [0.2, 0.25) is 0 Å². The van der Waals surface area contributed by atoms with Crippen LogP contribution in [0.25, 0.3) is 21.9 Å².